The van der Waals surface area contributed by atoms with E-state index in [9.17, 15) is 0 Å². The maximum Gasteiger partial charge on any atom is 0.191 e. The molecule has 2 N–H and O–H groups in total. The number of guanidine groups is 1. The Balaban J connectivity index is 0.00000200. The molecule has 1 aromatic rings. The summed E-state index contributed by atoms with van der Waals surface area (Å²) in [6, 6.07) is 0. The van der Waals surface area contributed by atoms with Crippen LogP contribution in [0, 0.1) is 6.92 Å². The van der Waals surface area contributed by atoms with Crippen LogP contribution < -0.4 is 10.6 Å². The highest BCUT2D eigenvalue weighted by Gasteiger charge is 2.15. The molecule has 2 heterocycles. The van der Waals surface area contributed by atoms with Crippen molar-refractivity contribution in [3.8, 4) is 0 Å². The SMILES string of the molecule is CN=C(NCCn1cc(C)cn1)NCC1CCCS1.I. The molecule has 0 aromatic carbocycles. The van der Waals surface area contributed by atoms with Crippen molar-refractivity contribution in [2.24, 2.45) is 4.99 Å². The van der Waals surface area contributed by atoms with Crippen molar-refractivity contribution in [2.45, 2.75) is 31.6 Å². The van der Waals surface area contributed by atoms with Crippen LogP contribution in [0.25, 0.3) is 0 Å². The van der Waals surface area contributed by atoms with E-state index in [2.05, 4.69) is 39.4 Å². The number of rotatable bonds is 5. The Morgan fingerprint density at radius 2 is 2.40 bits per heavy atom. The molecule has 1 aliphatic heterocycles. The summed E-state index contributed by atoms with van der Waals surface area (Å²) in [5, 5.41) is 11.7. The van der Waals surface area contributed by atoms with Crippen LogP contribution in [0.4, 0.5) is 0 Å². The molecule has 1 unspecified atom stereocenters. The first-order chi connectivity index (χ1) is 9.28. The summed E-state index contributed by atoms with van der Waals surface area (Å²) in [5.41, 5.74) is 1.20. The lowest BCUT2D eigenvalue weighted by molar-refractivity contribution is 0.596. The molecule has 2 rings (SSSR count). The van der Waals surface area contributed by atoms with E-state index in [0.29, 0.717) is 0 Å². The fourth-order valence-corrected chi connectivity index (χ4v) is 3.32. The van der Waals surface area contributed by atoms with E-state index in [1.165, 1.54) is 24.2 Å². The van der Waals surface area contributed by atoms with Gasteiger partial charge in [0.1, 0.15) is 0 Å². The largest absolute Gasteiger partial charge is 0.355 e. The zero-order valence-corrected chi connectivity index (χ0v) is 15.3. The summed E-state index contributed by atoms with van der Waals surface area (Å²) in [4.78, 5) is 4.24. The maximum atomic E-state index is 4.26. The minimum Gasteiger partial charge on any atom is -0.355 e. The Morgan fingerprint density at radius 1 is 1.55 bits per heavy atom. The second-order valence-corrected chi connectivity index (χ2v) is 6.20. The Morgan fingerprint density at radius 3 is 3.00 bits per heavy atom. The quantitative estimate of drug-likeness (QED) is 0.443. The molecule has 1 atom stereocenters. The maximum absolute atomic E-state index is 4.26. The fraction of sp³-hybridized carbons (Fsp3) is 0.692. The van der Waals surface area contributed by atoms with E-state index in [-0.39, 0.29) is 24.0 Å². The van der Waals surface area contributed by atoms with Gasteiger partial charge in [0.2, 0.25) is 0 Å². The van der Waals surface area contributed by atoms with Crippen LogP contribution in [0.5, 0.6) is 0 Å². The second-order valence-electron chi connectivity index (χ2n) is 4.80. The third-order valence-corrected chi connectivity index (χ3v) is 4.54. The van der Waals surface area contributed by atoms with E-state index >= 15 is 0 Å². The van der Waals surface area contributed by atoms with E-state index in [1.807, 2.05) is 24.1 Å². The van der Waals surface area contributed by atoms with Crippen LogP contribution in [0.2, 0.25) is 0 Å². The molecule has 0 radical (unpaired) electrons. The van der Waals surface area contributed by atoms with Gasteiger partial charge in [-0.05, 0) is 31.1 Å². The normalized spacial score (nSPS) is 18.7. The Labute approximate surface area is 142 Å². The first kappa shape index (κ1) is 17.6. The molecule has 0 spiro atoms. The number of thioether (sulfide) groups is 1. The lowest BCUT2D eigenvalue weighted by atomic mass is 10.2. The summed E-state index contributed by atoms with van der Waals surface area (Å²) in [5.74, 6) is 2.19. The third-order valence-electron chi connectivity index (χ3n) is 3.14. The number of hydrogen-bond donors (Lipinski definition) is 2. The molecular formula is C13H24IN5S. The fourth-order valence-electron chi connectivity index (χ4n) is 2.11. The number of aryl methyl sites for hydroxylation is 1. The van der Waals surface area contributed by atoms with Crippen LogP contribution in [-0.2, 0) is 6.54 Å². The van der Waals surface area contributed by atoms with Crippen molar-refractivity contribution in [1.29, 1.82) is 0 Å². The summed E-state index contributed by atoms with van der Waals surface area (Å²) in [7, 11) is 1.81. The standard InChI is InChI=1S/C13H23N5S.HI/c1-11-8-17-18(10-11)6-5-15-13(14-2)16-9-12-4-3-7-19-12;/h8,10,12H,3-7,9H2,1-2H3,(H2,14,15,16);1H. The lowest BCUT2D eigenvalue weighted by Gasteiger charge is -2.14. The Hall–Kier alpha value is -0.440. The van der Waals surface area contributed by atoms with Crippen LogP contribution >= 0.6 is 35.7 Å². The summed E-state index contributed by atoms with van der Waals surface area (Å²) in [6.45, 7) is 4.74. The van der Waals surface area contributed by atoms with Crippen molar-refractivity contribution in [3.05, 3.63) is 18.0 Å². The molecule has 7 heteroatoms. The first-order valence-corrected chi connectivity index (χ1v) is 7.88. The zero-order chi connectivity index (χ0) is 13.5. The predicted molar refractivity (Wildman–Crippen MR) is 97.2 cm³/mol. The number of nitrogens with one attached hydrogen (secondary N) is 2. The molecule has 0 amide bonds. The minimum absolute atomic E-state index is 0. The van der Waals surface area contributed by atoms with Gasteiger partial charge < -0.3 is 10.6 Å². The van der Waals surface area contributed by atoms with Crippen LogP contribution in [0.1, 0.15) is 18.4 Å². The summed E-state index contributed by atoms with van der Waals surface area (Å²) >= 11 is 2.06. The highest BCUT2D eigenvalue weighted by molar-refractivity contribution is 14.0. The number of aliphatic imine (C=N–C) groups is 1. The zero-order valence-electron chi connectivity index (χ0n) is 12.1. The van der Waals surface area contributed by atoms with Gasteiger partial charge in [-0.2, -0.15) is 16.9 Å². The van der Waals surface area contributed by atoms with Crippen molar-refractivity contribution >= 4 is 41.7 Å². The molecule has 114 valence electrons. The molecule has 5 nitrogen and oxygen atoms in total. The van der Waals surface area contributed by atoms with Gasteiger partial charge in [-0.15, -0.1) is 24.0 Å². The first-order valence-electron chi connectivity index (χ1n) is 6.83. The van der Waals surface area contributed by atoms with Crippen molar-refractivity contribution in [2.75, 3.05) is 25.9 Å². The summed E-state index contributed by atoms with van der Waals surface area (Å²) in [6.07, 6.45) is 6.60. The predicted octanol–water partition coefficient (Wildman–Crippen LogP) is 1.87. The Bertz CT molecular complexity index is 415. The van der Waals surface area contributed by atoms with Crippen LogP contribution in [0.3, 0.4) is 0 Å². The average molecular weight is 409 g/mol. The van der Waals surface area contributed by atoms with Crippen molar-refractivity contribution in [1.82, 2.24) is 20.4 Å². The van der Waals surface area contributed by atoms with Gasteiger partial charge in [0.15, 0.2) is 5.96 Å². The molecule has 0 bridgehead atoms. The monoisotopic (exact) mass is 409 g/mol. The molecule has 1 aromatic heterocycles. The number of hydrogen-bond acceptors (Lipinski definition) is 3. The molecule has 1 fully saturated rings. The van der Waals surface area contributed by atoms with Crippen molar-refractivity contribution in [3.63, 3.8) is 0 Å². The van der Waals surface area contributed by atoms with Gasteiger partial charge in [0, 0.05) is 31.6 Å². The molecule has 1 saturated heterocycles. The third kappa shape index (κ3) is 5.90. The molecule has 1 aliphatic rings. The number of aromatic nitrogens is 2. The molecule has 20 heavy (non-hydrogen) atoms. The second kappa shape index (κ2) is 9.49. The number of halogens is 1. The highest BCUT2D eigenvalue weighted by Crippen LogP contribution is 2.25. The highest BCUT2D eigenvalue weighted by atomic mass is 127. The van der Waals surface area contributed by atoms with E-state index in [1.54, 1.807) is 0 Å². The lowest BCUT2D eigenvalue weighted by Crippen LogP contribution is -2.41. The molecule has 0 aliphatic carbocycles. The Kier molecular flexibility index (Phi) is 8.35. The van der Waals surface area contributed by atoms with Crippen LogP contribution in [-0.4, -0.2) is 46.9 Å². The smallest absolute Gasteiger partial charge is 0.191 e. The van der Waals surface area contributed by atoms with Gasteiger partial charge in [0.25, 0.3) is 0 Å². The minimum atomic E-state index is 0. The van der Waals surface area contributed by atoms with Gasteiger partial charge >= 0.3 is 0 Å². The number of nitrogens with zero attached hydrogens (tertiary/aromatic N) is 3. The van der Waals surface area contributed by atoms with Gasteiger partial charge in [-0.25, -0.2) is 0 Å². The van der Waals surface area contributed by atoms with Gasteiger partial charge in [-0.3, -0.25) is 9.67 Å². The van der Waals surface area contributed by atoms with E-state index in [0.717, 1.165) is 30.8 Å². The van der Waals surface area contributed by atoms with E-state index in [4.69, 9.17) is 0 Å². The molecule has 0 saturated carbocycles. The summed E-state index contributed by atoms with van der Waals surface area (Å²) < 4.78 is 1.95. The van der Waals surface area contributed by atoms with E-state index < -0.39 is 0 Å². The van der Waals surface area contributed by atoms with Crippen molar-refractivity contribution < 1.29 is 0 Å². The molecular weight excluding hydrogens is 385 g/mol. The average Bonchev–Trinajstić information content (AvgIpc) is 3.05. The topological polar surface area (TPSA) is 54.2 Å². The van der Waals surface area contributed by atoms with Gasteiger partial charge in [0.05, 0.1) is 12.7 Å². The van der Waals surface area contributed by atoms with Crippen LogP contribution in [0.15, 0.2) is 17.4 Å². The van der Waals surface area contributed by atoms with Gasteiger partial charge in [-0.1, -0.05) is 0 Å².